The predicted molar refractivity (Wildman–Crippen MR) is 204 cm³/mol. The molecule has 0 spiro atoms. The number of benzene rings is 1. The molecule has 1 aromatic carbocycles. The first-order chi connectivity index (χ1) is 25.9. The van der Waals surface area contributed by atoms with E-state index in [0.29, 0.717) is 58.9 Å². The van der Waals surface area contributed by atoms with Gasteiger partial charge in [-0.15, -0.1) is 0 Å². The van der Waals surface area contributed by atoms with Crippen molar-refractivity contribution in [2.24, 2.45) is 12.5 Å². The summed E-state index contributed by atoms with van der Waals surface area (Å²) in [5, 5.41) is 13.6. The lowest BCUT2D eigenvalue weighted by Crippen LogP contribution is -2.59. The third-order valence-electron chi connectivity index (χ3n) is 11.1. The number of aliphatic hydroxyl groups excluding tert-OH is 1. The van der Waals surface area contributed by atoms with Gasteiger partial charge in [-0.05, 0) is 61.1 Å². The minimum atomic E-state index is -0.479. The number of aromatic nitrogens is 4. The van der Waals surface area contributed by atoms with Crippen LogP contribution in [0.3, 0.4) is 0 Å². The van der Waals surface area contributed by atoms with E-state index in [-0.39, 0.29) is 29.2 Å². The van der Waals surface area contributed by atoms with Gasteiger partial charge in [0.05, 0.1) is 42.9 Å². The topological polar surface area (TPSA) is 147 Å². The zero-order valence-corrected chi connectivity index (χ0v) is 31.2. The lowest BCUT2D eigenvalue weighted by Gasteiger charge is -2.46. The molecule has 4 aliphatic rings. The molecule has 0 saturated carbocycles. The number of pyridine rings is 1. The maximum Gasteiger partial charge on any atom is 0.313 e. The quantitative estimate of drug-likeness (QED) is 0.244. The van der Waals surface area contributed by atoms with Crippen LogP contribution in [-0.4, -0.2) is 92.4 Å². The molecule has 14 heteroatoms. The summed E-state index contributed by atoms with van der Waals surface area (Å²) in [5.74, 6) is -0.0915. The molecular formula is C40H46N8O6. The number of amides is 2. The monoisotopic (exact) mass is 734 g/mol. The molecule has 1 aliphatic carbocycles. The number of carbonyl (C=O) groups excluding carboxylic acids is 2. The average Bonchev–Trinajstić information content (AvgIpc) is 3.61. The fourth-order valence-corrected chi connectivity index (χ4v) is 8.33. The molecule has 1 atom stereocenters. The summed E-state index contributed by atoms with van der Waals surface area (Å²) in [5.41, 5.74) is 5.39. The highest BCUT2D eigenvalue weighted by Gasteiger charge is 2.38. The van der Waals surface area contributed by atoms with E-state index in [1.54, 1.807) is 42.5 Å². The normalized spacial score (nSPS) is 19.6. The standard InChI is InChI=1S/C40H46N8O6/c1-6-35(50)42-30-16-27(7-8-32(30)46-12-11-45(19-24(46)2)26-22-53-23-26)54-37-39(52)44(5)20-31(43-37)28-9-10-41-36(29(28)21-49)48-14-13-47-33(38(48)51)15-25-17-40(3,4)18-34(25)47/h6-10,15-16,20,24,26,49H,1,11-14,17-19,21-23H2,2-5H3,(H,42,50)/t24-/m0/s1. The van der Waals surface area contributed by atoms with Crippen LogP contribution in [0.1, 0.15) is 48.1 Å². The third kappa shape index (κ3) is 6.37. The molecule has 2 saturated heterocycles. The van der Waals surface area contributed by atoms with E-state index in [0.717, 1.165) is 51.4 Å². The minimum Gasteiger partial charge on any atom is -0.435 e. The zero-order valence-electron chi connectivity index (χ0n) is 31.2. The molecule has 282 valence electrons. The van der Waals surface area contributed by atoms with Crippen LogP contribution in [0.5, 0.6) is 11.6 Å². The van der Waals surface area contributed by atoms with Gasteiger partial charge in [-0.2, -0.15) is 0 Å². The van der Waals surface area contributed by atoms with Gasteiger partial charge in [-0.25, -0.2) is 9.97 Å². The average molecular weight is 735 g/mol. The number of piperazine rings is 1. The van der Waals surface area contributed by atoms with Gasteiger partial charge in [0, 0.05) is 81.1 Å². The Labute approximate surface area is 313 Å². The molecule has 0 bridgehead atoms. The van der Waals surface area contributed by atoms with Crippen molar-refractivity contribution in [3.05, 3.63) is 88.2 Å². The number of aliphatic hydroxyl groups is 1. The Kier molecular flexibility index (Phi) is 9.15. The Morgan fingerprint density at radius 3 is 2.67 bits per heavy atom. The van der Waals surface area contributed by atoms with Crippen molar-refractivity contribution in [3.63, 3.8) is 0 Å². The minimum absolute atomic E-state index is 0.168. The summed E-state index contributed by atoms with van der Waals surface area (Å²) >= 11 is 0. The second-order valence-electron chi connectivity index (χ2n) is 15.5. The Hall–Kier alpha value is -5.31. The van der Waals surface area contributed by atoms with E-state index in [1.165, 1.54) is 21.9 Å². The fraction of sp³-hybridized carbons (Fsp3) is 0.425. The zero-order chi connectivity index (χ0) is 37.9. The highest BCUT2D eigenvalue weighted by Crippen LogP contribution is 2.40. The van der Waals surface area contributed by atoms with Crippen molar-refractivity contribution in [3.8, 4) is 22.9 Å². The van der Waals surface area contributed by atoms with E-state index in [9.17, 15) is 19.5 Å². The maximum atomic E-state index is 13.9. The van der Waals surface area contributed by atoms with Crippen LogP contribution in [0, 0.1) is 5.41 Å². The Morgan fingerprint density at radius 2 is 1.94 bits per heavy atom. The van der Waals surface area contributed by atoms with Gasteiger partial charge in [0.25, 0.3) is 11.8 Å². The molecule has 2 N–H and O–H groups in total. The second-order valence-corrected chi connectivity index (χ2v) is 15.5. The number of rotatable bonds is 9. The van der Waals surface area contributed by atoms with Crippen LogP contribution >= 0.6 is 0 Å². The van der Waals surface area contributed by atoms with Gasteiger partial charge in [-0.1, -0.05) is 20.4 Å². The van der Waals surface area contributed by atoms with Crippen LogP contribution in [-0.2, 0) is 42.6 Å². The van der Waals surface area contributed by atoms with Crippen LogP contribution in [0.25, 0.3) is 11.3 Å². The van der Waals surface area contributed by atoms with Gasteiger partial charge in [-0.3, -0.25) is 24.2 Å². The number of fused-ring (bicyclic) bond motifs is 3. The first kappa shape index (κ1) is 35.7. The smallest absolute Gasteiger partial charge is 0.313 e. The molecule has 2 amide bonds. The molecular weight excluding hydrogens is 688 g/mol. The Balaban J connectivity index is 1.08. The van der Waals surface area contributed by atoms with Crippen LogP contribution in [0.2, 0.25) is 0 Å². The highest BCUT2D eigenvalue weighted by molar-refractivity contribution is 6.06. The molecule has 8 rings (SSSR count). The lowest BCUT2D eigenvalue weighted by molar-refractivity contribution is -0.111. The van der Waals surface area contributed by atoms with Crippen molar-refractivity contribution >= 4 is 29.0 Å². The predicted octanol–water partition coefficient (Wildman–Crippen LogP) is 3.75. The van der Waals surface area contributed by atoms with Crippen molar-refractivity contribution in [2.45, 2.75) is 58.8 Å². The highest BCUT2D eigenvalue weighted by atomic mass is 16.5. The second kappa shape index (κ2) is 13.8. The SMILES string of the molecule is C=CC(=O)Nc1cc(Oc2nc(-c3ccnc(N4CCn5c(cc6c5CC(C)(C)C6)C4=O)c3CO)cn(C)c2=O)ccc1N1CCN(C2COC2)C[C@@H]1C. The summed E-state index contributed by atoms with van der Waals surface area (Å²) in [6, 6.07) is 9.63. The molecule has 6 heterocycles. The van der Waals surface area contributed by atoms with Gasteiger partial charge >= 0.3 is 5.56 Å². The van der Waals surface area contributed by atoms with Gasteiger partial charge < -0.3 is 33.9 Å². The number of hydrogen-bond acceptors (Lipinski definition) is 10. The van der Waals surface area contributed by atoms with Gasteiger partial charge in [0.2, 0.25) is 5.91 Å². The van der Waals surface area contributed by atoms with Gasteiger partial charge in [0.1, 0.15) is 17.3 Å². The lowest BCUT2D eigenvalue weighted by atomic mass is 9.90. The number of carbonyl (C=O) groups is 2. The summed E-state index contributed by atoms with van der Waals surface area (Å²) in [6.07, 6.45) is 6.21. The molecule has 0 unspecified atom stereocenters. The van der Waals surface area contributed by atoms with E-state index in [2.05, 4.69) is 57.0 Å². The largest absolute Gasteiger partial charge is 0.435 e. The maximum absolute atomic E-state index is 13.9. The van der Waals surface area contributed by atoms with Crippen LogP contribution in [0.15, 0.2) is 60.2 Å². The number of aryl methyl sites for hydroxylation is 1. The van der Waals surface area contributed by atoms with Crippen molar-refractivity contribution in [1.82, 2.24) is 24.0 Å². The molecule has 0 radical (unpaired) electrons. The van der Waals surface area contributed by atoms with Gasteiger partial charge in [0.15, 0.2) is 0 Å². The first-order valence-electron chi connectivity index (χ1n) is 18.5. The van der Waals surface area contributed by atoms with Crippen molar-refractivity contribution in [2.75, 3.05) is 54.5 Å². The summed E-state index contributed by atoms with van der Waals surface area (Å²) in [6.45, 7) is 14.9. The Morgan fingerprint density at radius 1 is 1.13 bits per heavy atom. The molecule has 3 aromatic heterocycles. The number of ether oxygens (including phenoxy) is 2. The van der Waals surface area contributed by atoms with E-state index in [1.807, 2.05) is 12.1 Å². The van der Waals surface area contributed by atoms with E-state index < -0.39 is 12.2 Å². The molecule has 14 nitrogen and oxygen atoms in total. The van der Waals surface area contributed by atoms with Crippen LogP contribution < -0.4 is 25.4 Å². The number of anilines is 3. The molecule has 3 aliphatic heterocycles. The summed E-state index contributed by atoms with van der Waals surface area (Å²) in [4.78, 5) is 55.4. The summed E-state index contributed by atoms with van der Waals surface area (Å²) < 4.78 is 15.1. The molecule has 4 aromatic rings. The summed E-state index contributed by atoms with van der Waals surface area (Å²) in [7, 11) is 1.60. The third-order valence-corrected chi connectivity index (χ3v) is 11.1. The number of hydrogen-bond donors (Lipinski definition) is 2. The van der Waals surface area contributed by atoms with Crippen LogP contribution in [0.4, 0.5) is 17.2 Å². The molecule has 2 fully saturated rings. The first-order valence-corrected chi connectivity index (χ1v) is 18.5. The van der Waals surface area contributed by atoms with Crippen molar-refractivity contribution < 1.29 is 24.2 Å². The van der Waals surface area contributed by atoms with Crippen molar-refractivity contribution in [1.29, 1.82) is 0 Å². The fourth-order valence-electron chi connectivity index (χ4n) is 8.33. The Bertz CT molecular complexity index is 2220. The molecule has 54 heavy (non-hydrogen) atoms. The van der Waals surface area contributed by atoms with E-state index >= 15 is 0 Å². The number of nitrogens with zero attached hydrogens (tertiary/aromatic N) is 7. The van der Waals surface area contributed by atoms with E-state index in [4.69, 9.17) is 9.47 Å². The number of nitrogens with one attached hydrogen (secondary N) is 1.